The molecule has 0 saturated heterocycles. The first-order chi connectivity index (χ1) is 13.9. The Balaban J connectivity index is 1.81. The molecule has 0 bridgehead atoms. The molecule has 0 spiro atoms. The first-order valence-corrected chi connectivity index (χ1v) is 8.97. The van der Waals surface area contributed by atoms with Crippen LogP contribution in [-0.4, -0.2) is 36.7 Å². The molecule has 1 aliphatic heterocycles. The molecule has 0 saturated carbocycles. The summed E-state index contributed by atoms with van der Waals surface area (Å²) in [6.45, 7) is 2.62. The topological polar surface area (TPSA) is 91.1 Å². The predicted octanol–water partition coefficient (Wildman–Crippen LogP) is 3.45. The zero-order valence-corrected chi connectivity index (χ0v) is 16.5. The Kier molecular flexibility index (Phi) is 6.13. The van der Waals surface area contributed by atoms with Gasteiger partial charge in [0.2, 0.25) is 5.91 Å². The van der Waals surface area contributed by atoms with E-state index in [1.54, 1.807) is 19.1 Å². The Morgan fingerprint density at radius 2 is 2.14 bits per heavy atom. The first kappa shape index (κ1) is 20.3. The third-order valence-electron chi connectivity index (χ3n) is 4.56. The van der Waals surface area contributed by atoms with Gasteiger partial charge in [-0.15, -0.1) is 0 Å². The number of amides is 1. The van der Waals surface area contributed by atoms with Gasteiger partial charge in [-0.1, -0.05) is 17.7 Å². The highest BCUT2D eigenvalue weighted by molar-refractivity contribution is 5.92. The maximum atomic E-state index is 12.6. The maximum absolute atomic E-state index is 12.6. The van der Waals surface area contributed by atoms with Crippen molar-refractivity contribution >= 4 is 17.7 Å². The summed E-state index contributed by atoms with van der Waals surface area (Å²) in [7, 11) is 3.27. The second-order valence-corrected chi connectivity index (χ2v) is 6.73. The molecule has 0 atom stereocenters. The molecule has 8 heteroatoms. The van der Waals surface area contributed by atoms with Gasteiger partial charge in [0.05, 0.1) is 18.6 Å². The van der Waals surface area contributed by atoms with Crippen molar-refractivity contribution in [2.24, 2.45) is 0 Å². The van der Waals surface area contributed by atoms with Crippen LogP contribution >= 0.6 is 0 Å². The van der Waals surface area contributed by atoms with Crippen LogP contribution in [0.1, 0.15) is 22.3 Å². The number of ether oxygens (including phenoxy) is 3. The average molecular weight is 398 g/mol. The lowest BCUT2D eigenvalue weighted by atomic mass is 10.1. The molecule has 1 aliphatic rings. The van der Waals surface area contributed by atoms with Crippen molar-refractivity contribution in [3.63, 3.8) is 0 Å². The average Bonchev–Trinajstić information content (AvgIpc) is 2.71. The van der Waals surface area contributed by atoms with E-state index in [1.165, 1.54) is 24.3 Å². The number of nitro benzene ring substituents is 1. The van der Waals surface area contributed by atoms with Gasteiger partial charge in [0.25, 0.3) is 5.69 Å². The Bertz CT molecular complexity index is 970. The van der Waals surface area contributed by atoms with E-state index >= 15 is 0 Å². The van der Waals surface area contributed by atoms with E-state index in [0.29, 0.717) is 29.2 Å². The van der Waals surface area contributed by atoms with Crippen LogP contribution in [0.2, 0.25) is 0 Å². The molecule has 0 radical (unpaired) electrons. The lowest BCUT2D eigenvalue weighted by molar-refractivity contribution is -0.385. The summed E-state index contributed by atoms with van der Waals surface area (Å²) >= 11 is 0. The number of carbonyl (C=O) groups is 1. The van der Waals surface area contributed by atoms with E-state index < -0.39 is 4.92 Å². The zero-order chi connectivity index (χ0) is 21.0. The molecule has 8 nitrogen and oxygen atoms in total. The molecule has 0 unspecified atom stereocenters. The number of rotatable bonds is 6. The fourth-order valence-electron chi connectivity index (χ4n) is 3.11. The van der Waals surface area contributed by atoms with Crippen LogP contribution in [0.4, 0.5) is 5.69 Å². The highest BCUT2D eigenvalue weighted by Crippen LogP contribution is 2.33. The molecular formula is C21H22N2O6. The van der Waals surface area contributed by atoms with E-state index in [0.717, 1.165) is 11.1 Å². The van der Waals surface area contributed by atoms with E-state index in [2.05, 4.69) is 0 Å². The van der Waals surface area contributed by atoms with Crippen molar-refractivity contribution in [1.29, 1.82) is 0 Å². The molecule has 0 aromatic heterocycles. The standard InChI is InChI=1S/C21H22N2O6/c1-14-4-6-19(27-3)16(8-14)11-22(2)20(24)7-5-15-9-18(23(25)26)10-17-12-28-13-29-21(15)17/h4-10H,11-13H2,1-3H3/b7-5+. The van der Waals surface area contributed by atoms with Gasteiger partial charge in [0.1, 0.15) is 11.5 Å². The molecule has 0 fully saturated rings. The summed E-state index contributed by atoms with van der Waals surface area (Å²) in [6, 6.07) is 8.59. The van der Waals surface area contributed by atoms with Crippen molar-refractivity contribution < 1.29 is 23.9 Å². The monoisotopic (exact) mass is 398 g/mol. The fraction of sp³-hybridized carbons (Fsp3) is 0.286. The lowest BCUT2D eigenvalue weighted by Crippen LogP contribution is -2.24. The molecule has 29 heavy (non-hydrogen) atoms. The van der Waals surface area contributed by atoms with Crippen LogP contribution in [0.25, 0.3) is 6.08 Å². The Hall–Kier alpha value is -3.39. The summed E-state index contributed by atoms with van der Waals surface area (Å²) < 4.78 is 16.0. The summed E-state index contributed by atoms with van der Waals surface area (Å²) in [4.78, 5) is 24.8. The van der Waals surface area contributed by atoms with E-state index in [4.69, 9.17) is 14.2 Å². The number of aryl methyl sites for hydroxylation is 1. The number of methoxy groups -OCH3 is 1. The molecule has 2 aromatic carbocycles. The van der Waals surface area contributed by atoms with Gasteiger partial charge >= 0.3 is 0 Å². The number of benzene rings is 2. The normalized spacial score (nSPS) is 12.9. The van der Waals surface area contributed by atoms with Crippen molar-refractivity contribution in [3.05, 3.63) is 68.8 Å². The summed E-state index contributed by atoms with van der Waals surface area (Å²) in [5.41, 5.74) is 2.93. The van der Waals surface area contributed by atoms with Crippen LogP contribution in [0, 0.1) is 17.0 Å². The minimum Gasteiger partial charge on any atom is -0.496 e. The molecular weight excluding hydrogens is 376 g/mol. The fourth-order valence-corrected chi connectivity index (χ4v) is 3.11. The van der Waals surface area contributed by atoms with Gasteiger partial charge in [0.15, 0.2) is 6.79 Å². The number of hydrogen-bond acceptors (Lipinski definition) is 6. The molecule has 1 heterocycles. The number of nitro groups is 1. The molecule has 0 aliphatic carbocycles. The van der Waals surface area contributed by atoms with Gasteiger partial charge in [-0.25, -0.2) is 0 Å². The maximum Gasteiger partial charge on any atom is 0.270 e. The van der Waals surface area contributed by atoms with Crippen LogP contribution in [-0.2, 0) is 22.7 Å². The van der Waals surface area contributed by atoms with Crippen LogP contribution in [0.3, 0.4) is 0 Å². The van der Waals surface area contributed by atoms with E-state index in [1.807, 2.05) is 25.1 Å². The van der Waals surface area contributed by atoms with Gasteiger partial charge in [-0.05, 0) is 19.1 Å². The largest absolute Gasteiger partial charge is 0.496 e. The number of fused-ring (bicyclic) bond motifs is 1. The third-order valence-corrected chi connectivity index (χ3v) is 4.56. The number of non-ortho nitro benzene ring substituents is 1. The lowest BCUT2D eigenvalue weighted by Gasteiger charge is -2.20. The summed E-state index contributed by atoms with van der Waals surface area (Å²) in [5.74, 6) is 0.954. The third kappa shape index (κ3) is 4.72. The molecule has 3 rings (SSSR count). The number of hydrogen-bond donors (Lipinski definition) is 0. The van der Waals surface area contributed by atoms with Gasteiger partial charge in [0, 0.05) is 48.5 Å². The quantitative estimate of drug-likeness (QED) is 0.420. The highest BCUT2D eigenvalue weighted by Gasteiger charge is 2.20. The van der Waals surface area contributed by atoms with E-state index in [9.17, 15) is 14.9 Å². The first-order valence-electron chi connectivity index (χ1n) is 8.97. The SMILES string of the molecule is COc1ccc(C)cc1CN(C)C(=O)/C=C/c1cc([N+](=O)[O-])cc2c1OCOC2. The Morgan fingerprint density at radius 3 is 2.86 bits per heavy atom. The van der Waals surface area contributed by atoms with Gasteiger partial charge in [-0.2, -0.15) is 0 Å². The summed E-state index contributed by atoms with van der Waals surface area (Å²) in [5, 5.41) is 11.2. The van der Waals surface area contributed by atoms with Gasteiger partial charge in [-0.3, -0.25) is 14.9 Å². The number of nitrogens with zero attached hydrogens (tertiary/aromatic N) is 2. The second-order valence-electron chi connectivity index (χ2n) is 6.73. The van der Waals surface area contributed by atoms with Crippen molar-refractivity contribution in [1.82, 2.24) is 4.90 Å². The number of likely N-dealkylation sites (N-methyl/N-ethyl adjacent to an activating group) is 1. The minimum atomic E-state index is -0.482. The smallest absolute Gasteiger partial charge is 0.270 e. The molecule has 1 amide bonds. The van der Waals surface area contributed by atoms with Crippen molar-refractivity contribution in [3.8, 4) is 11.5 Å². The Morgan fingerprint density at radius 1 is 1.34 bits per heavy atom. The predicted molar refractivity (Wildman–Crippen MR) is 107 cm³/mol. The van der Waals surface area contributed by atoms with E-state index in [-0.39, 0.29) is 25.0 Å². The molecule has 152 valence electrons. The molecule has 0 N–H and O–H groups in total. The Labute approximate surface area is 168 Å². The van der Waals surface area contributed by atoms with Crippen LogP contribution in [0.5, 0.6) is 11.5 Å². The van der Waals surface area contributed by atoms with Crippen LogP contribution < -0.4 is 9.47 Å². The molecule has 2 aromatic rings. The zero-order valence-electron chi connectivity index (χ0n) is 16.5. The summed E-state index contributed by atoms with van der Waals surface area (Å²) in [6.07, 6.45) is 2.91. The van der Waals surface area contributed by atoms with Crippen molar-refractivity contribution in [2.75, 3.05) is 21.0 Å². The van der Waals surface area contributed by atoms with Crippen molar-refractivity contribution in [2.45, 2.75) is 20.1 Å². The number of carbonyl (C=O) groups excluding carboxylic acids is 1. The van der Waals surface area contributed by atoms with Crippen LogP contribution in [0.15, 0.2) is 36.4 Å². The second kappa shape index (κ2) is 8.74. The minimum absolute atomic E-state index is 0.0622. The highest BCUT2D eigenvalue weighted by atomic mass is 16.7. The van der Waals surface area contributed by atoms with Gasteiger partial charge < -0.3 is 19.1 Å².